The average Bonchev–Trinajstić information content (AvgIpc) is 2.30. The Morgan fingerprint density at radius 1 is 1.00 bits per heavy atom. The maximum absolute atomic E-state index is 10.2. The van der Waals surface area contributed by atoms with Crippen molar-refractivity contribution in [3.8, 4) is 0 Å². The summed E-state index contributed by atoms with van der Waals surface area (Å²) >= 11 is 0. The lowest BCUT2D eigenvalue weighted by Gasteiger charge is -1.92. The van der Waals surface area contributed by atoms with E-state index in [2.05, 4.69) is 31.2 Å². The molecule has 0 aliphatic heterocycles. The van der Waals surface area contributed by atoms with E-state index in [1.165, 1.54) is 6.42 Å². The smallest absolute Gasteiger partial charge is 0.303 e. The summed E-state index contributed by atoms with van der Waals surface area (Å²) in [5.74, 6) is -0.701. The van der Waals surface area contributed by atoms with Crippen LogP contribution in [0.3, 0.4) is 0 Å². The van der Waals surface area contributed by atoms with Gasteiger partial charge in [-0.3, -0.25) is 4.79 Å². The highest BCUT2D eigenvalue weighted by Crippen LogP contribution is 2.00. The second-order valence-corrected chi connectivity index (χ2v) is 3.99. The molecule has 17 heavy (non-hydrogen) atoms. The second-order valence-electron chi connectivity index (χ2n) is 3.99. The highest BCUT2D eigenvalue weighted by atomic mass is 16.4. The fourth-order valence-corrected chi connectivity index (χ4v) is 1.33. The minimum Gasteiger partial charge on any atom is -0.481 e. The van der Waals surface area contributed by atoms with Gasteiger partial charge in [-0.05, 0) is 32.1 Å². The number of hydrogen-bond donors (Lipinski definition) is 1. The molecule has 0 radical (unpaired) electrons. The zero-order valence-electron chi connectivity index (χ0n) is 10.8. The van der Waals surface area contributed by atoms with Crippen LogP contribution in [0, 0.1) is 0 Å². The monoisotopic (exact) mass is 236 g/mol. The Morgan fingerprint density at radius 2 is 1.76 bits per heavy atom. The molecule has 0 unspecified atom stereocenters. The third-order valence-electron chi connectivity index (χ3n) is 2.29. The van der Waals surface area contributed by atoms with Crippen LogP contribution in [0.2, 0.25) is 0 Å². The molecule has 0 amide bonds. The Kier molecular flexibility index (Phi) is 11.8. The topological polar surface area (TPSA) is 37.3 Å². The van der Waals surface area contributed by atoms with Crippen molar-refractivity contribution < 1.29 is 9.90 Å². The molecule has 0 rings (SSSR count). The van der Waals surface area contributed by atoms with Gasteiger partial charge < -0.3 is 5.11 Å². The van der Waals surface area contributed by atoms with E-state index in [1.807, 2.05) is 12.2 Å². The quantitative estimate of drug-likeness (QED) is 0.345. The third kappa shape index (κ3) is 14.7. The van der Waals surface area contributed by atoms with Gasteiger partial charge in [0.1, 0.15) is 0 Å². The number of unbranched alkanes of at least 4 members (excludes halogenated alkanes) is 3. The van der Waals surface area contributed by atoms with Crippen LogP contribution < -0.4 is 0 Å². The van der Waals surface area contributed by atoms with Crippen molar-refractivity contribution in [2.75, 3.05) is 0 Å². The predicted molar refractivity (Wildman–Crippen MR) is 73.0 cm³/mol. The molecule has 0 aromatic heterocycles. The van der Waals surface area contributed by atoms with Crippen molar-refractivity contribution in [1.29, 1.82) is 0 Å². The van der Waals surface area contributed by atoms with E-state index in [1.54, 1.807) is 0 Å². The standard InChI is InChI=1S/C15H24O2/c1-2-3-4-5-6-7-8-9-10-11-12-13-14-15(16)17/h4-5,7-10H,2-3,6,11-14H2,1H3,(H,16,17). The molecule has 0 aliphatic rings. The van der Waals surface area contributed by atoms with E-state index >= 15 is 0 Å². The number of carboxylic acid groups (broad SMARTS) is 1. The van der Waals surface area contributed by atoms with Crippen molar-refractivity contribution >= 4 is 5.97 Å². The molecule has 2 heteroatoms. The zero-order valence-corrected chi connectivity index (χ0v) is 10.8. The minimum atomic E-state index is -0.701. The summed E-state index contributed by atoms with van der Waals surface area (Å²) in [5, 5.41) is 8.44. The number of hydrogen-bond acceptors (Lipinski definition) is 1. The molecule has 2 nitrogen and oxygen atoms in total. The summed E-state index contributed by atoms with van der Waals surface area (Å²) in [5.41, 5.74) is 0. The molecule has 0 aromatic carbocycles. The molecule has 0 atom stereocenters. The molecule has 0 fully saturated rings. The van der Waals surface area contributed by atoms with Crippen molar-refractivity contribution in [2.45, 2.75) is 51.9 Å². The fraction of sp³-hybridized carbons (Fsp3) is 0.533. The van der Waals surface area contributed by atoms with Crippen LogP contribution in [0.15, 0.2) is 36.5 Å². The van der Waals surface area contributed by atoms with Gasteiger partial charge in [0.05, 0.1) is 0 Å². The molecule has 1 N–H and O–H groups in total. The van der Waals surface area contributed by atoms with Gasteiger partial charge in [0.15, 0.2) is 0 Å². The summed E-state index contributed by atoms with van der Waals surface area (Å²) < 4.78 is 0. The first kappa shape index (κ1) is 15.7. The van der Waals surface area contributed by atoms with E-state index in [0.29, 0.717) is 0 Å². The largest absolute Gasteiger partial charge is 0.481 e. The van der Waals surface area contributed by atoms with Gasteiger partial charge >= 0.3 is 5.97 Å². The van der Waals surface area contributed by atoms with E-state index in [4.69, 9.17) is 5.11 Å². The molecule has 0 aliphatic carbocycles. The first-order chi connectivity index (χ1) is 8.27. The first-order valence-corrected chi connectivity index (χ1v) is 6.45. The zero-order chi connectivity index (χ0) is 12.8. The SMILES string of the molecule is CCCC=CCC=CC=CCCCCC(=O)O. The normalized spacial score (nSPS) is 12.1. The van der Waals surface area contributed by atoms with Crippen LogP contribution in [-0.2, 0) is 4.79 Å². The van der Waals surface area contributed by atoms with Crippen molar-refractivity contribution in [3.63, 3.8) is 0 Å². The molecule has 0 saturated carbocycles. The van der Waals surface area contributed by atoms with Gasteiger partial charge in [-0.1, -0.05) is 49.8 Å². The summed E-state index contributed by atoms with van der Waals surface area (Å²) in [7, 11) is 0. The Morgan fingerprint density at radius 3 is 2.47 bits per heavy atom. The van der Waals surface area contributed by atoms with E-state index in [-0.39, 0.29) is 6.42 Å². The molecular weight excluding hydrogens is 212 g/mol. The molecule has 0 aromatic rings. The molecule has 0 spiro atoms. The maximum Gasteiger partial charge on any atom is 0.303 e. The number of allylic oxidation sites excluding steroid dienone is 6. The number of carboxylic acids is 1. The van der Waals surface area contributed by atoms with Crippen molar-refractivity contribution in [2.24, 2.45) is 0 Å². The van der Waals surface area contributed by atoms with Gasteiger partial charge in [0, 0.05) is 6.42 Å². The van der Waals surface area contributed by atoms with Crippen molar-refractivity contribution in [3.05, 3.63) is 36.5 Å². The Labute approximate surface area is 105 Å². The highest BCUT2D eigenvalue weighted by Gasteiger charge is 1.93. The van der Waals surface area contributed by atoms with Gasteiger partial charge in [-0.2, -0.15) is 0 Å². The Balaban J connectivity index is 3.34. The summed E-state index contributed by atoms with van der Waals surface area (Å²) in [4.78, 5) is 10.2. The first-order valence-electron chi connectivity index (χ1n) is 6.45. The van der Waals surface area contributed by atoms with Gasteiger partial charge in [-0.25, -0.2) is 0 Å². The lowest BCUT2D eigenvalue weighted by Crippen LogP contribution is -1.92. The van der Waals surface area contributed by atoms with E-state index in [9.17, 15) is 4.79 Å². The highest BCUT2D eigenvalue weighted by molar-refractivity contribution is 5.66. The lowest BCUT2D eigenvalue weighted by molar-refractivity contribution is -0.137. The van der Waals surface area contributed by atoms with Gasteiger partial charge in [0.2, 0.25) is 0 Å². The molecule has 0 heterocycles. The summed E-state index contributed by atoms with van der Waals surface area (Å²) in [6.45, 7) is 2.17. The average molecular weight is 236 g/mol. The lowest BCUT2D eigenvalue weighted by atomic mass is 10.2. The molecule has 96 valence electrons. The van der Waals surface area contributed by atoms with Crippen molar-refractivity contribution in [1.82, 2.24) is 0 Å². The maximum atomic E-state index is 10.2. The van der Waals surface area contributed by atoms with Crippen LogP contribution >= 0.6 is 0 Å². The van der Waals surface area contributed by atoms with Gasteiger partial charge in [0.25, 0.3) is 0 Å². The molecular formula is C15H24O2. The van der Waals surface area contributed by atoms with E-state index < -0.39 is 5.97 Å². The third-order valence-corrected chi connectivity index (χ3v) is 2.29. The summed E-state index contributed by atoms with van der Waals surface area (Å²) in [6.07, 6.45) is 19.0. The predicted octanol–water partition coefficient (Wildman–Crippen LogP) is 4.49. The molecule has 0 bridgehead atoms. The fourth-order valence-electron chi connectivity index (χ4n) is 1.33. The summed E-state index contributed by atoms with van der Waals surface area (Å²) in [6, 6.07) is 0. The van der Waals surface area contributed by atoms with Crippen LogP contribution in [0.5, 0.6) is 0 Å². The second kappa shape index (κ2) is 12.8. The van der Waals surface area contributed by atoms with Gasteiger partial charge in [-0.15, -0.1) is 0 Å². The van der Waals surface area contributed by atoms with Crippen LogP contribution in [0.25, 0.3) is 0 Å². The molecule has 0 saturated heterocycles. The number of rotatable bonds is 10. The van der Waals surface area contributed by atoms with Crippen LogP contribution in [0.1, 0.15) is 51.9 Å². The number of carbonyl (C=O) groups is 1. The number of aliphatic carboxylic acids is 1. The van der Waals surface area contributed by atoms with Crippen LogP contribution in [0.4, 0.5) is 0 Å². The van der Waals surface area contributed by atoms with Crippen LogP contribution in [-0.4, -0.2) is 11.1 Å². The Bertz CT molecular complexity index is 262. The van der Waals surface area contributed by atoms with E-state index in [0.717, 1.165) is 32.1 Å². The Hall–Kier alpha value is -1.31. The minimum absolute atomic E-state index is 0.284.